The fourth-order valence-electron chi connectivity index (χ4n) is 2.12. The number of benzene rings is 2. The fourth-order valence-corrected chi connectivity index (χ4v) is 2.12. The third-order valence-corrected chi connectivity index (χ3v) is 3.38. The predicted molar refractivity (Wildman–Crippen MR) is 91.1 cm³/mol. The van der Waals surface area contributed by atoms with Gasteiger partial charge in [-0.3, -0.25) is 4.79 Å². The van der Waals surface area contributed by atoms with Gasteiger partial charge in [0.2, 0.25) is 0 Å². The summed E-state index contributed by atoms with van der Waals surface area (Å²) in [6.45, 7) is 6.85. The average Bonchev–Trinajstić information content (AvgIpc) is 2.52. The third-order valence-electron chi connectivity index (χ3n) is 3.38. The number of nitrogens with one attached hydrogen (secondary N) is 1. The smallest absolute Gasteiger partial charge is 0.258 e. The zero-order valence-electron chi connectivity index (χ0n) is 13.9. The monoisotopic (exact) mass is 313 g/mol. The molecule has 23 heavy (non-hydrogen) atoms. The van der Waals surface area contributed by atoms with Crippen molar-refractivity contribution in [1.82, 2.24) is 5.32 Å². The molecule has 0 aliphatic heterocycles. The molecule has 0 fully saturated rings. The Bertz CT molecular complexity index is 667. The summed E-state index contributed by atoms with van der Waals surface area (Å²) < 4.78 is 11.1. The van der Waals surface area contributed by atoms with Gasteiger partial charge in [-0.15, -0.1) is 0 Å². The lowest BCUT2D eigenvalue weighted by Gasteiger charge is -2.11. The molecule has 2 aromatic carbocycles. The number of amides is 1. The second-order valence-electron chi connectivity index (χ2n) is 5.57. The molecule has 0 unspecified atom stereocenters. The molecule has 0 aliphatic rings. The summed E-state index contributed by atoms with van der Waals surface area (Å²) in [6, 6.07) is 13.8. The van der Waals surface area contributed by atoms with Crippen molar-refractivity contribution >= 4 is 5.91 Å². The van der Waals surface area contributed by atoms with E-state index < -0.39 is 0 Å². The molecule has 0 radical (unpaired) electrons. The molecule has 0 saturated carbocycles. The Morgan fingerprint density at radius 3 is 2.57 bits per heavy atom. The van der Waals surface area contributed by atoms with Gasteiger partial charge in [0.05, 0.1) is 6.54 Å². The summed E-state index contributed by atoms with van der Waals surface area (Å²) in [5, 5.41) is 2.78. The summed E-state index contributed by atoms with van der Waals surface area (Å²) in [7, 11) is 0. The molecule has 0 spiro atoms. The molecule has 2 aromatic rings. The Hall–Kier alpha value is -2.49. The van der Waals surface area contributed by atoms with E-state index in [1.165, 1.54) is 0 Å². The lowest BCUT2D eigenvalue weighted by atomic mass is 10.1. The molecule has 0 atom stereocenters. The van der Waals surface area contributed by atoms with E-state index in [1.54, 1.807) is 0 Å². The topological polar surface area (TPSA) is 47.6 Å². The van der Waals surface area contributed by atoms with Gasteiger partial charge in [-0.25, -0.2) is 0 Å². The highest BCUT2D eigenvalue weighted by Gasteiger charge is 2.05. The number of aryl methyl sites for hydroxylation is 3. The van der Waals surface area contributed by atoms with Gasteiger partial charge in [-0.2, -0.15) is 0 Å². The van der Waals surface area contributed by atoms with E-state index in [0.717, 1.165) is 28.2 Å². The Labute approximate surface area is 137 Å². The zero-order valence-corrected chi connectivity index (χ0v) is 13.9. The van der Waals surface area contributed by atoms with E-state index in [9.17, 15) is 4.79 Å². The molecule has 0 saturated heterocycles. The standard InChI is InChI=1S/C19H23NO3/c1-14-5-4-6-17(11-14)22-10-9-20-19(21)13-23-18-12-15(2)7-8-16(18)3/h4-8,11-12H,9-10,13H2,1-3H3,(H,20,21). The lowest BCUT2D eigenvalue weighted by Crippen LogP contribution is -2.32. The maximum Gasteiger partial charge on any atom is 0.258 e. The molecule has 0 aromatic heterocycles. The van der Waals surface area contributed by atoms with Crippen LogP contribution in [0.25, 0.3) is 0 Å². The van der Waals surface area contributed by atoms with Crippen molar-refractivity contribution in [2.24, 2.45) is 0 Å². The molecule has 0 bridgehead atoms. The van der Waals surface area contributed by atoms with Crippen LogP contribution in [-0.2, 0) is 4.79 Å². The summed E-state index contributed by atoms with van der Waals surface area (Å²) >= 11 is 0. The first kappa shape index (κ1) is 16.9. The van der Waals surface area contributed by atoms with E-state index in [-0.39, 0.29) is 12.5 Å². The maximum absolute atomic E-state index is 11.8. The van der Waals surface area contributed by atoms with Gasteiger partial charge in [0.15, 0.2) is 6.61 Å². The molecular weight excluding hydrogens is 290 g/mol. The van der Waals surface area contributed by atoms with Crippen LogP contribution >= 0.6 is 0 Å². The van der Waals surface area contributed by atoms with Crippen molar-refractivity contribution in [2.75, 3.05) is 19.8 Å². The largest absolute Gasteiger partial charge is 0.492 e. The van der Waals surface area contributed by atoms with Crippen molar-refractivity contribution in [3.05, 3.63) is 59.2 Å². The van der Waals surface area contributed by atoms with Gasteiger partial charge in [-0.05, 0) is 55.7 Å². The van der Waals surface area contributed by atoms with Gasteiger partial charge in [0.1, 0.15) is 18.1 Å². The molecule has 122 valence electrons. The highest BCUT2D eigenvalue weighted by atomic mass is 16.5. The Balaban J connectivity index is 1.68. The van der Waals surface area contributed by atoms with Crippen molar-refractivity contribution in [2.45, 2.75) is 20.8 Å². The quantitative estimate of drug-likeness (QED) is 0.799. The van der Waals surface area contributed by atoms with Crippen LogP contribution in [0.4, 0.5) is 0 Å². The van der Waals surface area contributed by atoms with Crippen LogP contribution in [0.2, 0.25) is 0 Å². The summed E-state index contributed by atoms with van der Waals surface area (Å²) in [5.74, 6) is 1.40. The van der Waals surface area contributed by atoms with Crippen LogP contribution in [0.1, 0.15) is 16.7 Å². The zero-order chi connectivity index (χ0) is 16.7. The molecule has 1 N–H and O–H groups in total. The first-order valence-electron chi connectivity index (χ1n) is 7.71. The summed E-state index contributed by atoms with van der Waals surface area (Å²) in [5.41, 5.74) is 3.28. The highest BCUT2D eigenvalue weighted by Crippen LogP contribution is 2.18. The molecule has 4 heteroatoms. The van der Waals surface area contributed by atoms with Crippen LogP contribution in [0.15, 0.2) is 42.5 Å². The van der Waals surface area contributed by atoms with Crippen LogP contribution in [0.3, 0.4) is 0 Å². The SMILES string of the molecule is Cc1cccc(OCCNC(=O)COc2cc(C)ccc2C)c1. The van der Waals surface area contributed by atoms with Gasteiger partial charge < -0.3 is 14.8 Å². The van der Waals surface area contributed by atoms with Crippen LogP contribution in [0.5, 0.6) is 11.5 Å². The minimum atomic E-state index is -0.154. The average molecular weight is 313 g/mol. The molecule has 0 heterocycles. The molecular formula is C19H23NO3. The van der Waals surface area contributed by atoms with E-state index in [0.29, 0.717) is 13.2 Å². The van der Waals surface area contributed by atoms with Gasteiger partial charge in [0.25, 0.3) is 5.91 Å². The van der Waals surface area contributed by atoms with E-state index >= 15 is 0 Å². The fraction of sp³-hybridized carbons (Fsp3) is 0.316. The molecule has 4 nitrogen and oxygen atoms in total. The second kappa shape index (κ2) is 8.22. The summed E-state index contributed by atoms with van der Waals surface area (Å²) in [6.07, 6.45) is 0. The second-order valence-corrected chi connectivity index (χ2v) is 5.57. The number of hydrogen-bond donors (Lipinski definition) is 1. The first-order chi connectivity index (χ1) is 11.0. The van der Waals surface area contributed by atoms with Crippen molar-refractivity contribution < 1.29 is 14.3 Å². The molecule has 2 rings (SSSR count). The number of rotatable bonds is 7. The summed E-state index contributed by atoms with van der Waals surface area (Å²) in [4.78, 5) is 11.8. The molecule has 1 amide bonds. The van der Waals surface area contributed by atoms with Gasteiger partial charge in [0, 0.05) is 0 Å². The Morgan fingerprint density at radius 1 is 1.00 bits per heavy atom. The minimum Gasteiger partial charge on any atom is -0.492 e. The Kier molecular flexibility index (Phi) is 6.03. The number of carbonyl (C=O) groups excluding carboxylic acids is 1. The Morgan fingerprint density at radius 2 is 1.78 bits per heavy atom. The van der Waals surface area contributed by atoms with E-state index in [2.05, 4.69) is 5.32 Å². The third kappa shape index (κ3) is 5.66. The van der Waals surface area contributed by atoms with Crippen LogP contribution in [-0.4, -0.2) is 25.7 Å². The number of ether oxygens (including phenoxy) is 2. The van der Waals surface area contributed by atoms with E-state index in [4.69, 9.17) is 9.47 Å². The highest BCUT2D eigenvalue weighted by molar-refractivity contribution is 5.77. The van der Waals surface area contributed by atoms with Crippen LogP contribution < -0.4 is 14.8 Å². The number of carbonyl (C=O) groups is 1. The first-order valence-corrected chi connectivity index (χ1v) is 7.71. The minimum absolute atomic E-state index is 0.00867. The van der Waals surface area contributed by atoms with Gasteiger partial charge in [-0.1, -0.05) is 24.3 Å². The van der Waals surface area contributed by atoms with Crippen molar-refractivity contribution in [3.8, 4) is 11.5 Å². The normalized spacial score (nSPS) is 10.2. The van der Waals surface area contributed by atoms with Crippen LogP contribution in [0, 0.1) is 20.8 Å². The molecule has 0 aliphatic carbocycles. The predicted octanol–water partition coefficient (Wildman–Crippen LogP) is 3.19. The van der Waals surface area contributed by atoms with Gasteiger partial charge >= 0.3 is 0 Å². The number of hydrogen-bond acceptors (Lipinski definition) is 3. The lowest BCUT2D eigenvalue weighted by molar-refractivity contribution is -0.123. The maximum atomic E-state index is 11.8. The van der Waals surface area contributed by atoms with E-state index in [1.807, 2.05) is 63.2 Å². The van der Waals surface area contributed by atoms with Crippen molar-refractivity contribution in [1.29, 1.82) is 0 Å². The van der Waals surface area contributed by atoms with Crippen molar-refractivity contribution in [3.63, 3.8) is 0 Å².